The maximum Gasteiger partial charge on any atom is 0.0982 e. The third-order valence-corrected chi connectivity index (χ3v) is 2.17. The molecule has 0 fully saturated rings. The van der Waals surface area contributed by atoms with Crippen molar-refractivity contribution in [3.63, 3.8) is 0 Å². The molecule has 0 bridgehead atoms. The monoisotopic (exact) mass is 137 g/mol. The van der Waals surface area contributed by atoms with E-state index in [2.05, 4.69) is 0 Å². The quantitative estimate of drug-likeness (QED) is 0.555. The molecule has 2 heteroatoms. The van der Waals surface area contributed by atoms with Crippen LogP contribution in [0.15, 0.2) is 30.3 Å². The number of hydrogen-bond donors (Lipinski definition) is 1. The molecule has 0 aromatic heterocycles. The first-order valence-corrected chi connectivity index (χ1v) is 4.32. The molecule has 0 spiro atoms. The second-order valence-electron chi connectivity index (χ2n) is 1.80. The van der Waals surface area contributed by atoms with Crippen LogP contribution in [0.5, 0.6) is 0 Å². The molecule has 1 aromatic rings. The van der Waals surface area contributed by atoms with Gasteiger partial charge in [-0.3, -0.25) is 0 Å². The number of rotatable bonds is 2. The van der Waals surface area contributed by atoms with Crippen LogP contribution in [0.2, 0.25) is 0 Å². The fourth-order valence-electron chi connectivity index (χ4n) is 0.695. The second kappa shape index (κ2) is 3.43. The zero-order valence-electron chi connectivity index (χ0n) is 5.12. The van der Waals surface area contributed by atoms with Crippen molar-refractivity contribution in [2.45, 2.75) is 0 Å². The van der Waals surface area contributed by atoms with E-state index in [-0.39, 0.29) is 9.52 Å². The van der Waals surface area contributed by atoms with Gasteiger partial charge in [-0.25, -0.2) is 0 Å². The van der Waals surface area contributed by atoms with Crippen molar-refractivity contribution in [1.82, 2.24) is 0 Å². The number of benzene rings is 1. The molecule has 0 saturated heterocycles. The van der Waals surface area contributed by atoms with Gasteiger partial charge < -0.3 is 5.11 Å². The summed E-state index contributed by atoms with van der Waals surface area (Å²) in [6.07, 6.45) is 0.323. The standard InChI is InChI=1S/C7H9OSi/c8-6-9-7-4-2-1-3-5-7/h1-5,8-9H,6H2. The van der Waals surface area contributed by atoms with Gasteiger partial charge in [0.05, 0.1) is 9.52 Å². The van der Waals surface area contributed by atoms with Gasteiger partial charge in [-0.2, -0.15) is 0 Å². The van der Waals surface area contributed by atoms with Gasteiger partial charge in [-0.05, 0) is 0 Å². The molecule has 0 aliphatic heterocycles. The van der Waals surface area contributed by atoms with Gasteiger partial charge >= 0.3 is 0 Å². The Balaban J connectivity index is 2.61. The molecule has 0 heterocycles. The predicted molar refractivity (Wildman–Crippen MR) is 40.3 cm³/mol. The Bertz CT molecular complexity index is 162. The summed E-state index contributed by atoms with van der Waals surface area (Å²) >= 11 is 0. The van der Waals surface area contributed by atoms with Crippen LogP contribution in [0, 0.1) is 0 Å². The molecule has 0 unspecified atom stereocenters. The van der Waals surface area contributed by atoms with Crippen molar-refractivity contribution < 1.29 is 5.11 Å². The van der Waals surface area contributed by atoms with Gasteiger partial charge in [0.25, 0.3) is 0 Å². The van der Waals surface area contributed by atoms with Gasteiger partial charge in [0, 0.05) is 6.23 Å². The number of hydrogen-bond acceptors (Lipinski definition) is 1. The fourth-order valence-corrected chi connectivity index (χ4v) is 1.40. The van der Waals surface area contributed by atoms with Crippen LogP contribution >= 0.6 is 0 Å². The Kier molecular flexibility index (Phi) is 2.48. The highest BCUT2D eigenvalue weighted by Crippen LogP contribution is 1.79. The van der Waals surface area contributed by atoms with E-state index < -0.39 is 0 Å². The third-order valence-electron chi connectivity index (χ3n) is 1.13. The SMILES string of the molecule is OC[SiH]c1ccccc1. The molecular formula is C7H9OSi. The Morgan fingerprint density at radius 2 is 1.89 bits per heavy atom. The predicted octanol–water partition coefficient (Wildman–Crippen LogP) is -0.302. The van der Waals surface area contributed by atoms with Gasteiger partial charge in [0.2, 0.25) is 0 Å². The Hall–Kier alpha value is -0.603. The summed E-state index contributed by atoms with van der Waals surface area (Å²) < 4.78 is 0. The summed E-state index contributed by atoms with van der Waals surface area (Å²) in [5.74, 6) is 0. The summed E-state index contributed by atoms with van der Waals surface area (Å²) in [5.41, 5.74) is 0. The lowest BCUT2D eigenvalue weighted by atomic mass is 10.4. The molecular weight excluding hydrogens is 128 g/mol. The minimum absolute atomic E-state index is 0.0986. The Morgan fingerprint density at radius 1 is 1.22 bits per heavy atom. The molecule has 0 aliphatic rings. The van der Waals surface area contributed by atoms with E-state index in [1.165, 1.54) is 5.19 Å². The maximum atomic E-state index is 8.56. The minimum atomic E-state index is 0.0986. The molecule has 0 atom stereocenters. The van der Waals surface area contributed by atoms with E-state index in [9.17, 15) is 0 Å². The highest BCUT2D eigenvalue weighted by atomic mass is 28.2. The van der Waals surface area contributed by atoms with Gasteiger partial charge in [-0.15, -0.1) is 0 Å². The lowest BCUT2D eigenvalue weighted by Gasteiger charge is -1.92. The summed E-state index contributed by atoms with van der Waals surface area (Å²) in [6.45, 7) is 0. The van der Waals surface area contributed by atoms with E-state index in [0.717, 1.165) is 0 Å². The molecule has 1 radical (unpaired) electrons. The van der Waals surface area contributed by atoms with Crippen molar-refractivity contribution in [3.05, 3.63) is 30.3 Å². The first-order chi connectivity index (χ1) is 4.43. The van der Waals surface area contributed by atoms with Gasteiger partial charge in [0.1, 0.15) is 0 Å². The zero-order chi connectivity index (χ0) is 6.53. The van der Waals surface area contributed by atoms with E-state index in [1.807, 2.05) is 30.3 Å². The number of aliphatic hydroxyl groups is 1. The van der Waals surface area contributed by atoms with Crippen LogP contribution in [0.25, 0.3) is 0 Å². The van der Waals surface area contributed by atoms with Crippen molar-refractivity contribution in [2.24, 2.45) is 0 Å². The topological polar surface area (TPSA) is 20.2 Å². The van der Waals surface area contributed by atoms with Crippen LogP contribution in [0.1, 0.15) is 0 Å². The normalized spacial score (nSPS) is 9.44. The zero-order valence-corrected chi connectivity index (χ0v) is 6.27. The molecule has 1 nitrogen and oxygen atoms in total. The lowest BCUT2D eigenvalue weighted by molar-refractivity contribution is 0.367. The van der Waals surface area contributed by atoms with E-state index in [4.69, 9.17) is 5.11 Å². The Labute approximate surface area is 57.2 Å². The highest BCUT2D eigenvalue weighted by molar-refractivity contribution is 6.53. The average molecular weight is 137 g/mol. The minimum Gasteiger partial charge on any atom is -0.400 e. The van der Waals surface area contributed by atoms with Crippen LogP contribution in [0.3, 0.4) is 0 Å². The average Bonchev–Trinajstić information content (AvgIpc) is 1.91. The fraction of sp³-hybridized carbons (Fsp3) is 0.143. The van der Waals surface area contributed by atoms with Crippen molar-refractivity contribution in [2.75, 3.05) is 6.23 Å². The summed E-state index contributed by atoms with van der Waals surface area (Å²) in [5, 5.41) is 9.83. The molecule has 1 rings (SSSR count). The van der Waals surface area contributed by atoms with E-state index >= 15 is 0 Å². The van der Waals surface area contributed by atoms with Crippen LogP contribution in [-0.2, 0) is 0 Å². The molecule has 1 N–H and O–H groups in total. The first-order valence-electron chi connectivity index (χ1n) is 2.92. The van der Waals surface area contributed by atoms with Gasteiger partial charge in [0.15, 0.2) is 0 Å². The smallest absolute Gasteiger partial charge is 0.0982 e. The largest absolute Gasteiger partial charge is 0.400 e. The Morgan fingerprint density at radius 3 is 2.44 bits per heavy atom. The van der Waals surface area contributed by atoms with E-state index in [0.29, 0.717) is 6.23 Å². The van der Waals surface area contributed by atoms with Gasteiger partial charge in [-0.1, -0.05) is 35.5 Å². The number of aliphatic hydroxyl groups excluding tert-OH is 1. The third kappa shape index (κ3) is 1.99. The highest BCUT2D eigenvalue weighted by Gasteiger charge is 1.87. The first kappa shape index (κ1) is 6.52. The maximum absolute atomic E-state index is 8.56. The second-order valence-corrected chi connectivity index (χ2v) is 3.24. The van der Waals surface area contributed by atoms with Crippen LogP contribution in [-0.4, -0.2) is 20.9 Å². The molecule has 0 aliphatic carbocycles. The molecule has 0 saturated carbocycles. The van der Waals surface area contributed by atoms with Crippen molar-refractivity contribution in [1.29, 1.82) is 0 Å². The molecule has 9 heavy (non-hydrogen) atoms. The summed E-state index contributed by atoms with van der Waals surface area (Å²) in [7, 11) is 0.0986. The summed E-state index contributed by atoms with van der Waals surface area (Å²) in [6, 6.07) is 10.1. The van der Waals surface area contributed by atoms with Crippen molar-refractivity contribution >= 4 is 14.7 Å². The van der Waals surface area contributed by atoms with Crippen LogP contribution < -0.4 is 5.19 Å². The van der Waals surface area contributed by atoms with Crippen molar-refractivity contribution in [3.8, 4) is 0 Å². The molecule has 0 amide bonds. The lowest BCUT2D eigenvalue weighted by Crippen LogP contribution is -2.16. The van der Waals surface area contributed by atoms with Crippen LogP contribution in [0.4, 0.5) is 0 Å². The summed E-state index contributed by atoms with van der Waals surface area (Å²) in [4.78, 5) is 0. The molecule has 1 aromatic carbocycles. The van der Waals surface area contributed by atoms with E-state index in [1.54, 1.807) is 0 Å². The molecule has 47 valence electrons.